The first-order valence-corrected chi connectivity index (χ1v) is 7.20. The third-order valence-electron chi connectivity index (χ3n) is 3.19. The van der Waals surface area contributed by atoms with Crippen LogP contribution in [0.2, 0.25) is 0 Å². The van der Waals surface area contributed by atoms with E-state index >= 15 is 0 Å². The summed E-state index contributed by atoms with van der Waals surface area (Å²) in [6, 6.07) is 8.87. The molecule has 0 amide bonds. The fraction of sp³-hybridized carbons (Fsp3) is 0.625. The Kier molecular flexibility index (Phi) is 8.26. The van der Waals surface area contributed by atoms with Crippen LogP contribution in [0.25, 0.3) is 0 Å². The van der Waals surface area contributed by atoms with Crippen LogP contribution in [-0.2, 0) is 11.2 Å². The Morgan fingerprint density at radius 3 is 2.58 bits per heavy atom. The molecule has 1 atom stereocenters. The van der Waals surface area contributed by atoms with Crippen LogP contribution in [0.3, 0.4) is 0 Å². The highest BCUT2D eigenvalue weighted by Gasteiger charge is 2.02. The van der Waals surface area contributed by atoms with E-state index < -0.39 is 0 Å². The van der Waals surface area contributed by atoms with Gasteiger partial charge in [0.1, 0.15) is 5.75 Å². The van der Waals surface area contributed by atoms with Gasteiger partial charge in [0.2, 0.25) is 0 Å². The minimum Gasteiger partial charge on any atom is -0.497 e. The lowest BCUT2D eigenvalue weighted by Gasteiger charge is -2.13. The summed E-state index contributed by atoms with van der Waals surface area (Å²) in [5.74, 6) is 0.922. The third kappa shape index (κ3) is 7.19. The molecule has 0 saturated heterocycles. The van der Waals surface area contributed by atoms with Gasteiger partial charge in [0.05, 0.1) is 7.11 Å². The summed E-state index contributed by atoms with van der Waals surface area (Å²) in [7, 11) is 1.70. The molecule has 3 heteroatoms. The highest BCUT2D eigenvalue weighted by Crippen LogP contribution is 2.13. The molecular weight excluding hydrogens is 238 g/mol. The number of methoxy groups -OCH3 is 1. The topological polar surface area (TPSA) is 30.5 Å². The molecule has 1 rings (SSSR count). The molecule has 0 saturated carbocycles. The van der Waals surface area contributed by atoms with Crippen molar-refractivity contribution in [1.82, 2.24) is 5.32 Å². The SMILES string of the molecule is CCOCCCNC(C)CCc1ccc(OC)cc1. The smallest absolute Gasteiger partial charge is 0.118 e. The second-order valence-electron chi connectivity index (χ2n) is 4.79. The van der Waals surface area contributed by atoms with E-state index in [4.69, 9.17) is 9.47 Å². The number of aryl methyl sites for hydroxylation is 1. The summed E-state index contributed by atoms with van der Waals surface area (Å²) in [6.45, 7) is 6.97. The quantitative estimate of drug-likeness (QED) is 0.660. The lowest BCUT2D eigenvalue weighted by molar-refractivity contribution is 0.144. The van der Waals surface area contributed by atoms with Crippen molar-refractivity contribution in [2.75, 3.05) is 26.9 Å². The van der Waals surface area contributed by atoms with E-state index in [2.05, 4.69) is 24.4 Å². The van der Waals surface area contributed by atoms with Gasteiger partial charge < -0.3 is 14.8 Å². The van der Waals surface area contributed by atoms with Gasteiger partial charge in [-0.25, -0.2) is 0 Å². The third-order valence-corrected chi connectivity index (χ3v) is 3.19. The Morgan fingerprint density at radius 2 is 1.95 bits per heavy atom. The van der Waals surface area contributed by atoms with Crippen molar-refractivity contribution in [2.45, 2.75) is 39.2 Å². The van der Waals surface area contributed by atoms with Crippen LogP contribution < -0.4 is 10.1 Å². The first-order valence-electron chi connectivity index (χ1n) is 7.20. The zero-order valence-electron chi connectivity index (χ0n) is 12.4. The van der Waals surface area contributed by atoms with Crippen LogP contribution in [0.4, 0.5) is 0 Å². The van der Waals surface area contributed by atoms with Crippen molar-refractivity contribution in [3.8, 4) is 5.75 Å². The predicted molar refractivity (Wildman–Crippen MR) is 79.9 cm³/mol. The molecule has 0 spiro atoms. The zero-order chi connectivity index (χ0) is 13.9. The number of rotatable bonds is 10. The van der Waals surface area contributed by atoms with E-state index in [1.807, 2.05) is 19.1 Å². The maximum atomic E-state index is 5.31. The Labute approximate surface area is 117 Å². The summed E-state index contributed by atoms with van der Waals surface area (Å²) >= 11 is 0. The van der Waals surface area contributed by atoms with Gasteiger partial charge in [-0.15, -0.1) is 0 Å². The summed E-state index contributed by atoms with van der Waals surface area (Å²) in [5, 5.41) is 3.53. The van der Waals surface area contributed by atoms with Gasteiger partial charge >= 0.3 is 0 Å². The lowest BCUT2D eigenvalue weighted by atomic mass is 10.1. The molecule has 1 aromatic carbocycles. The predicted octanol–water partition coefficient (Wildman–Crippen LogP) is 3.03. The molecule has 0 aliphatic rings. The number of hydrogen-bond acceptors (Lipinski definition) is 3. The molecule has 0 radical (unpaired) electrons. The van der Waals surface area contributed by atoms with Crippen LogP contribution in [0.15, 0.2) is 24.3 Å². The summed E-state index contributed by atoms with van der Waals surface area (Å²) < 4.78 is 10.5. The van der Waals surface area contributed by atoms with E-state index in [9.17, 15) is 0 Å². The molecule has 0 fully saturated rings. The maximum Gasteiger partial charge on any atom is 0.118 e. The van der Waals surface area contributed by atoms with E-state index in [0.29, 0.717) is 6.04 Å². The van der Waals surface area contributed by atoms with Crippen LogP contribution in [0, 0.1) is 0 Å². The molecule has 1 N–H and O–H groups in total. The standard InChI is InChI=1S/C16H27NO2/c1-4-19-13-5-12-17-14(2)6-7-15-8-10-16(18-3)11-9-15/h8-11,14,17H,4-7,12-13H2,1-3H3. The molecule has 0 bridgehead atoms. The number of ether oxygens (including phenoxy) is 2. The number of benzene rings is 1. The van der Waals surface area contributed by atoms with Gasteiger partial charge in [-0.05, 0) is 57.4 Å². The normalized spacial score (nSPS) is 12.4. The Balaban J connectivity index is 2.13. The van der Waals surface area contributed by atoms with Gasteiger partial charge in [0, 0.05) is 19.3 Å². The molecule has 0 aliphatic carbocycles. The molecule has 1 unspecified atom stereocenters. The van der Waals surface area contributed by atoms with Crippen LogP contribution >= 0.6 is 0 Å². The van der Waals surface area contributed by atoms with Crippen LogP contribution in [-0.4, -0.2) is 32.9 Å². The summed E-state index contributed by atoms with van der Waals surface area (Å²) in [4.78, 5) is 0. The average Bonchev–Trinajstić information content (AvgIpc) is 2.45. The van der Waals surface area contributed by atoms with Crippen LogP contribution in [0.5, 0.6) is 5.75 Å². The van der Waals surface area contributed by atoms with Crippen molar-refractivity contribution in [1.29, 1.82) is 0 Å². The Hall–Kier alpha value is -1.06. The number of hydrogen-bond donors (Lipinski definition) is 1. The number of nitrogens with one attached hydrogen (secondary N) is 1. The van der Waals surface area contributed by atoms with E-state index in [0.717, 1.165) is 44.8 Å². The Bertz CT molecular complexity index is 324. The zero-order valence-corrected chi connectivity index (χ0v) is 12.4. The molecule has 0 heterocycles. The van der Waals surface area contributed by atoms with E-state index in [-0.39, 0.29) is 0 Å². The second-order valence-corrected chi connectivity index (χ2v) is 4.79. The van der Waals surface area contributed by atoms with Crippen molar-refractivity contribution in [3.05, 3.63) is 29.8 Å². The Morgan fingerprint density at radius 1 is 1.21 bits per heavy atom. The van der Waals surface area contributed by atoms with Crippen molar-refractivity contribution in [3.63, 3.8) is 0 Å². The first kappa shape index (κ1) is 16.0. The molecule has 0 aromatic heterocycles. The largest absolute Gasteiger partial charge is 0.497 e. The van der Waals surface area contributed by atoms with Gasteiger partial charge in [-0.3, -0.25) is 0 Å². The minimum absolute atomic E-state index is 0.545. The monoisotopic (exact) mass is 265 g/mol. The molecule has 3 nitrogen and oxygen atoms in total. The molecule has 108 valence electrons. The first-order chi connectivity index (χ1) is 9.26. The fourth-order valence-corrected chi connectivity index (χ4v) is 1.94. The van der Waals surface area contributed by atoms with Crippen molar-refractivity contribution in [2.24, 2.45) is 0 Å². The highest BCUT2D eigenvalue weighted by molar-refractivity contribution is 5.27. The van der Waals surface area contributed by atoms with Gasteiger partial charge in [-0.2, -0.15) is 0 Å². The molecular formula is C16H27NO2. The summed E-state index contributed by atoms with van der Waals surface area (Å²) in [5.41, 5.74) is 1.36. The molecule has 0 aliphatic heterocycles. The average molecular weight is 265 g/mol. The summed E-state index contributed by atoms with van der Waals surface area (Å²) in [6.07, 6.45) is 3.34. The van der Waals surface area contributed by atoms with Crippen LogP contribution in [0.1, 0.15) is 32.3 Å². The minimum atomic E-state index is 0.545. The fourth-order valence-electron chi connectivity index (χ4n) is 1.94. The van der Waals surface area contributed by atoms with E-state index in [1.54, 1.807) is 7.11 Å². The highest BCUT2D eigenvalue weighted by atomic mass is 16.5. The van der Waals surface area contributed by atoms with Gasteiger partial charge in [-0.1, -0.05) is 12.1 Å². The lowest BCUT2D eigenvalue weighted by Crippen LogP contribution is -2.28. The second kappa shape index (κ2) is 9.82. The molecule has 1 aromatic rings. The van der Waals surface area contributed by atoms with Crippen molar-refractivity contribution >= 4 is 0 Å². The van der Waals surface area contributed by atoms with Gasteiger partial charge in [0.25, 0.3) is 0 Å². The maximum absolute atomic E-state index is 5.31. The molecule has 19 heavy (non-hydrogen) atoms. The van der Waals surface area contributed by atoms with E-state index in [1.165, 1.54) is 5.56 Å². The van der Waals surface area contributed by atoms with Crippen molar-refractivity contribution < 1.29 is 9.47 Å². The van der Waals surface area contributed by atoms with Gasteiger partial charge in [0.15, 0.2) is 0 Å².